The molecule has 0 radical (unpaired) electrons. The van der Waals surface area contributed by atoms with Crippen molar-refractivity contribution in [3.63, 3.8) is 0 Å². The number of aromatic nitrogens is 4. The minimum atomic E-state index is -4.44. The van der Waals surface area contributed by atoms with Crippen LogP contribution in [0.1, 0.15) is 10.8 Å². The molecule has 0 aromatic carbocycles. The number of aryl methyl sites for hydroxylation is 1. The third-order valence-corrected chi connectivity index (χ3v) is 2.91. The zero-order valence-electron chi connectivity index (χ0n) is 8.69. The molecule has 0 aliphatic rings. The van der Waals surface area contributed by atoms with E-state index in [4.69, 9.17) is 0 Å². The Morgan fingerprint density at radius 1 is 1.41 bits per heavy atom. The van der Waals surface area contributed by atoms with E-state index >= 15 is 0 Å². The molecular formula is C8H8F3N5S. The molecule has 2 rings (SSSR count). The number of rotatable bonds is 3. The Bertz CT molecular complexity index is 503. The zero-order valence-corrected chi connectivity index (χ0v) is 9.51. The Morgan fingerprint density at radius 3 is 2.71 bits per heavy atom. The summed E-state index contributed by atoms with van der Waals surface area (Å²) in [4.78, 5) is 4.02. The second-order valence-electron chi connectivity index (χ2n) is 3.22. The summed E-state index contributed by atoms with van der Waals surface area (Å²) in [5.41, 5.74) is 0. The highest BCUT2D eigenvalue weighted by Gasteiger charge is 2.35. The van der Waals surface area contributed by atoms with Crippen molar-refractivity contribution in [1.29, 1.82) is 0 Å². The average molecular weight is 263 g/mol. The van der Waals surface area contributed by atoms with Crippen molar-refractivity contribution in [3.05, 3.63) is 23.2 Å². The van der Waals surface area contributed by atoms with Crippen LogP contribution in [-0.2, 0) is 19.8 Å². The van der Waals surface area contributed by atoms with Crippen LogP contribution in [0, 0.1) is 0 Å². The quantitative estimate of drug-likeness (QED) is 0.919. The molecule has 9 heteroatoms. The summed E-state index contributed by atoms with van der Waals surface area (Å²) in [7, 11) is 1.80. The van der Waals surface area contributed by atoms with E-state index in [1.54, 1.807) is 24.0 Å². The summed E-state index contributed by atoms with van der Waals surface area (Å²) in [5.74, 6) is 0.703. The molecule has 0 amide bonds. The molecular weight excluding hydrogens is 255 g/mol. The van der Waals surface area contributed by atoms with Crippen LogP contribution in [0.2, 0.25) is 0 Å². The minimum absolute atomic E-state index is 0.125. The van der Waals surface area contributed by atoms with Gasteiger partial charge in [0.1, 0.15) is 5.82 Å². The molecule has 2 aromatic heterocycles. The number of halogens is 3. The van der Waals surface area contributed by atoms with E-state index in [2.05, 4.69) is 20.5 Å². The van der Waals surface area contributed by atoms with Gasteiger partial charge in [-0.15, -0.1) is 10.2 Å². The van der Waals surface area contributed by atoms with Crippen molar-refractivity contribution in [1.82, 2.24) is 19.7 Å². The smallest absolute Gasteiger partial charge is 0.353 e. The summed E-state index contributed by atoms with van der Waals surface area (Å²) in [6.07, 6.45) is -1.09. The summed E-state index contributed by atoms with van der Waals surface area (Å²) >= 11 is 0.472. The van der Waals surface area contributed by atoms with Crippen LogP contribution in [0.15, 0.2) is 12.4 Å². The van der Waals surface area contributed by atoms with Crippen LogP contribution in [-0.4, -0.2) is 19.7 Å². The van der Waals surface area contributed by atoms with E-state index < -0.39 is 11.2 Å². The van der Waals surface area contributed by atoms with Gasteiger partial charge < -0.3 is 9.88 Å². The van der Waals surface area contributed by atoms with Crippen molar-refractivity contribution in [2.24, 2.45) is 7.05 Å². The highest BCUT2D eigenvalue weighted by atomic mass is 32.1. The highest BCUT2D eigenvalue weighted by molar-refractivity contribution is 7.15. The Kier molecular flexibility index (Phi) is 3.01. The normalized spacial score (nSPS) is 11.8. The third-order valence-electron chi connectivity index (χ3n) is 1.99. The summed E-state index contributed by atoms with van der Waals surface area (Å²) in [6, 6.07) is 0. The molecule has 0 fully saturated rings. The van der Waals surface area contributed by atoms with Crippen LogP contribution in [0.25, 0.3) is 0 Å². The topological polar surface area (TPSA) is 55.6 Å². The summed E-state index contributed by atoms with van der Waals surface area (Å²) in [6.45, 7) is 0.302. The number of anilines is 1. The fourth-order valence-corrected chi connectivity index (χ4v) is 1.74. The van der Waals surface area contributed by atoms with Gasteiger partial charge in [0.05, 0.1) is 6.54 Å². The molecule has 5 nitrogen and oxygen atoms in total. The molecule has 0 bridgehead atoms. The number of nitrogens with one attached hydrogen (secondary N) is 1. The molecule has 0 aliphatic carbocycles. The fraction of sp³-hybridized carbons (Fsp3) is 0.375. The van der Waals surface area contributed by atoms with Gasteiger partial charge in [-0.05, 0) is 0 Å². The van der Waals surface area contributed by atoms with Crippen molar-refractivity contribution in [2.75, 3.05) is 5.32 Å². The van der Waals surface area contributed by atoms with E-state index in [0.717, 1.165) is 0 Å². The maximum Gasteiger partial charge on any atom is 0.445 e. The van der Waals surface area contributed by atoms with Gasteiger partial charge in [-0.1, -0.05) is 11.3 Å². The monoisotopic (exact) mass is 263 g/mol. The second-order valence-corrected chi connectivity index (χ2v) is 4.20. The van der Waals surface area contributed by atoms with Crippen LogP contribution < -0.4 is 5.32 Å². The number of nitrogens with zero attached hydrogens (tertiary/aromatic N) is 4. The molecule has 0 saturated heterocycles. The van der Waals surface area contributed by atoms with Gasteiger partial charge in [0, 0.05) is 19.4 Å². The van der Waals surface area contributed by atoms with E-state index in [-0.39, 0.29) is 5.13 Å². The number of hydrogen-bond acceptors (Lipinski definition) is 5. The molecule has 0 atom stereocenters. The standard InChI is InChI=1S/C8H8F3N5S/c1-16-3-2-12-5(16)4-13-7-15-14-6(17-7)8(9,10)11/h2-3H,4H2,1H3,(H,13,15). The Labute approximate surface area is 98.3 Å². The Balaban J connectivity index is 2.01. The van der Waals surface area contributed by atoms with Gasteiger partial charge in [0.15, 0.2) is 0 Å². The number of hydrogen-bond donors (Lipinski definition) is 1. The average Bonchev–Trinajstić information content (AvgIpc) is 2.82. The molecule has 92 valence electrons. The summed E-state index contributed by atoms with van der Waals surface area (Å²) < 4.78 is 38.5. The highest BCUT2D eigenvalue weighted by Crippen LogP contribution is 2.32. The maximum absolute atomic E-state index is 12.2. The first-order chi connectivity index (χ1) is 7.97. The Morgan fingerprint density at radius 2 is 2.18 bits per heavy atom. The van der Waals surface area contributed by atoms with Crippen molar-refractivity contribution in [3.8, 4) is 0 Å². The lowest BCUT2D eigenvalue weighted by molar-refractivity contribution is -0.138. The van der Waals surface area contributed by atoms with Gasteiger partial charge >= 0.3 is 6.18 Å². The largest absolute Gasteiger partial charge is 0.445 e. The number of alkyl halides is 3. The second kappa shape index (κ2) is 4.32. The van der Waals surface area contributed by atoms with Crippen molar-refractivity contribution in [2.45, 2.75) is 12.7 Å². The molecule has 0 spiro atoms. The zero-order chi connectivity index (χ0) is 12.5. The first kappa shape index (κ1) is 11.8. The van der Waals surface area contributed by atoms with E-state index in [0.29, 0.717) is 23.7 Å². The van der Waals surface area contributed by atoms with Crippen molar-refractivity contribution >= 4 is 16.5 Å². The van der Waals surface area contributed by atoms with Gasteiger partial charge in [0.25, 0.3) is 0 Å². The molecule has 0 saturated carbocycles. The lowest BCUT2D eigenvalue weighted by Crippen LogP contribution is -2.05. The molecule has 0 aliphatic heterocycles. The predicted molar refractivity (Wildman–Crippen MR) is 55.4 cm³/mol. The van der Waals surface area contributed by atoms with Crippen LogP contribution in [0.4, 0.5) is 18.3 Å². The van der Waals surface area contributed by atoms with E-state index in [1.807, 2.05) is 0 Å². The van der Waals surface area contributed by atoms with Crippen molar-refractivity contribution < 1.29 is 13.2 Å². The van der Waals surface area contributed by atoms with Crippen LogP contribution >= 0.6 is 11.3 Å². The first-order valence-electron chi connectivity index (χ1n) is 4.57. The van der Waals surface area contributed by atoms with Gasteiger partial charge in [-0.3, -0.25) is 0 Å². The number of imidazole rings is 1. The molecule has 17 heavy (non-hydrogen) atoms. The fourth-order valence-electron chi connectivity index (χ4n) is 1.13. The third kappa shape index (κ3) is 2.73. The SMILES string of the molecule is Cn1ccnc1CNc1nnc(C(F)(F)F)s1. The lowest BCUT2D eigenvalue weighted by atomic mass is 10.6. The van der Waals surface area contributed by atoms with Gasteiger partial charge in [0.2, 0.25) is 10.1 Å². The molecule has 2 heterocycles. The molecule has 2 aromatic rings. The lowest BCUT2D eigenvalue weighted by Gasteiger charge is -2.01. The minimum Gasteiger partial charge on any atom is -0.353 e. The summed E-state index contributed by atoms with van der Waals surface area (Å²) in [5, 5.41) is 8.38. The van der Waals surface area contributed by atoms with E-state index in [1.165, 1.54) is 0 Å². The molecule has 1 N–H and O–H groups in total. The maximum atomic E-state index is 12.2. The molecule has 0 unspecified atom stereocenters. The predicted octanol–water partition coefficient (Wildman–Crippen LogP) is 1.90. The van der Waals surface area contributed by atoms with Gasteiger partial charge in [-0.25, -0.2) is 4.98 Å². The Hall–Kier alpha value is -1.64. The van der Waals surface area contributed by atoms with Crippen LogP contribution in [0.3, 0.4) is 0 Å². The van der Waals surface area contributed by atoms with E-state index in [9.17, 15) is 13.2 Å². The van der Waals surface area contributed by atoms with Gasteiger partial charge in [-0.2, -0.15) is 13.2 Å². The first-order valence-corrected chi connectivity index (χ1v) is 5.39. The van der Waals surface area contributed by atoms with Crippen LogP contribution in [0.5, 0.6) is 0 Å².